The van der Waals surface area contributed by atoms with Crippen LogP contribution in [0, 0.1) is 5.92 Å². The van der Waals surface area contributed by atoms with Crippen molar-refractivity contribution in [2.45, 2.75) is 27.2 Å². The molecule has 0 aliphatic carbocycles. The lowest BCUT2D eigenvalue weighted by atomic mass is 10.00. The van der Waals surface area contributed by atoms with Crippen molar-refractivity contribution in [3.63, 3.8) is 0 Å². The summed E-state index contributed by atoms with van der Waals surface area (Å²) in [5.74, 6) is 0.672. The van der Waals surface area contributed by atoms with Crippen molar-refractivity contribution in [1.29, 1.82) is 0 Å². The molecule has 11 heavy (non-hydrogen) atoms. The zero-order valence-electron chi connectivity index (χ0n) is 7.65. The Morgan fingerprint density at radius 3 is 2.27 bits per heavy atom. The summed E-state index contributed by atoms with van der Waals surface area (Å²) in [6.07, 6.45) is 3.44. The second kappa shape index (κ2) is 5.81. The lowest BCUT2D eigenvalue weighted by Gasteiger charge is -2.10. The van der Waals surface area contributed by atoms with E-state index in [4.69, 9.17) is 0 Å². The maximum Gasteiger partial charge on any atom is 0.00637 e. The van der Waals surface area contributed by atoms with E-state index in [1.54, 1.807) is 0 Å². The molecular formula is C10H17I. The number of halogens is 1. The van der Waals surface area contributed by atoms with Gasteiger partial charge in [-0.3, -0.25) is 0 Å². The minimum atomic E-state index is 0.672. The largest absolute Gasteiger partial charge is 0.0998 e. The van der Waals surface area contributed by atoms with Crippen LogP contribution in [0.1, 0.15) is 27.2 Å². The average Bonchev–Trinajstić information content (AvgIpc) is 1.87. The quantitative estimate of drug-likeness (QED) is 0.409. The Morgan fingerprint density at radius 1 is 1.45 bits per heavy atom. The van der Waals surface area contributed by atoms with Crippen LogP contribution in [0.5, 0.6) is 0 Å². The van der Waals surface area contributed by atoms with Crippen LogP contribution in [0.3, 0.4) is 0 Å². The summed E-state index contributed by atoms with van der Waals surface area (Å²) in [5.41, 5.74) is 2.71. The first kappa shape index (κ1) is 11.2. The number of alkyl halides is 1. The Hall–Kier alpha value is 0.210. The third-order valence-electron chi connectivity index (χ3n) is 1.69. The molecule has 0 amide bonds. The second-order valence-corrected chi connectivity index (χ2v) is 4.10. The number of hydrogen-bond acceptors (Lipinski definition) is 0. The molecule has 0 aromatic carbocycles. The first-order valence-corrected chi connectivity index (χ1v) is 5.45. The molecule has 0 rings (SSSR count). The Kier molecular flexibility index (Phi) is 5.92. The summed E-state index contributed by atoms with van der Waals surface area (Å²) in [5, 5.41) is 0. The number of hydrogen-bond donors (Lipinski definition) is 0. The third kappa shape index (κ3) is 5.48. The van der Waals surface area contributed by atoms with Crippen molar-refractivity contribution in [3.8, 4) is 0 Å². The van der Waals surface area contributed by atoms with Crippen LogP contribution < -0.4 is 0 Å². The fraction of sp³-hybridized carbons (Fsp3) is 0.600. The Labute approximate surface area is 83.9 Å². The van der Waals surface area contributed by atoms with Crippen LogP contribution in [0.25, 0.3) is 0 Å². The zero-order chi connectivity index (χ0) is 8.85. The molecule has 64 valence electrons. The molecule has 0 fully saturated rings. The summed E-state index contributed by atoms with van der Waals surface area (Å²) < 4.78 is 1.18. The molecule has 0 bridgehead atoms. The van der Waals surface area contributed by atoms with E-state index in [2.05, 4.69) is 56.0 Å². The van der Waals surface area contributed by atoms with Crippen LogP contribution in [-0.2, 0) is 0 Å². The maximum atomic E-state index is 3.97. The molecule has 0 saturated carbocycles. The fourth-order valence-corrected chi connectivity index (χ4v) is 1.89. The lowest BCUT2D eigenvalue weighted by molar-refractivity contribution is 0.717. The predicted molar refractivity (Wildman–Crippen MR) is 61.2 cm³/mol. The molecule has 0 heterocycles. The van der Waals surface area contributed by atoms with E-state index >= 15 is 0 Å². The van der Waals surface area contributed by atoms with Gasteiger partial charge in [-0.25, -0.2) is 0 Å². The molecule has 0 aliphatic heterocycles. The SMILES string of the molecule is C=C(C)[C@@H](CI)CC=C(C)C. The number of allylic oxidation sites excluding steroid dienone is 3. The van der Waals surface area contributed by atoms with E-state index in [9.17, 15) is 0 Å². The molecule has 1 heteroatoms. The first-order valence-electron chi connectivity index (χ1n) is 3.92. The van der Waals surface area contributed by atoms with E-state index in [1.807, 2.05) is 0 Å². The molecule has 1 atom stereocenters. The van der Waals surface area contributed by atoms with E-state index < -0.39 is 0 Å². The van der Waals surface area contributed by atoms with Crippen molar-refractivity contribution in [1.82, 2.24) is 0 Å². The normalized spacial score (nSPS) is 12.4. The van der Waals surface area contributed by atoms with Crippen molar-refractivity contribution in [3.05, 3.63) is 23.8 Å². The van der Waals surface area contributed by atoms with Crippen molar-refractivity contribution >= 4 is 22.6 Å². The van der Waals surface area contributed by atoms with Gasteiger partial charge in [0.1, 0.15) is 0 Å². The van der Waals surface area contributed by atoms with E-state index in [0.717, 1.165) is 6.42 Å². The highest BCUT2D eigenvalue weighted by Gasteiger charge is 2.04. The van der Waals surface area contributed by atoms with Gasteiger partial charge < -0.3 is 0 Å². The Morgan fingerprint density at radius 2 is 2.00 bits per heavy atom. The summed E-state index contributed by atoms with van der Waals surface area (Å²) in [4.78, 5) is 0. The van der Waals surface area contributed by atoms with Gasteiger partial charge in [-0.2, -0.15) is 0 Å². The maximum absolute atomic E-state index is 3.97. The second-order valence-electron chi connectivity index (χ2n) is 3.21. The molecular weight excluding hydrogens is 247 g/mol. The smallest absolute Gasteiger partial charge is 0.00637 e. The summed E-state index contributed by atoms with van der Waals surface area (Å²) in [6, 6.07) is 0. The van der Waals surface area contributed by atoms with Gasteiger partial charge in [0.2, 0.25) is 0 Å². The molecule has 0 unspecified atom stereocenters. The van der Waals surface area contributed by atoms with Gasteiger partial charge >= 0.3 is 0 Å². The van der Waals surface area contributed by atoms with Crippen LogP contribution >= 0.6 is 22.6 Å². The predicted octanol–water partition coefficient (Wildman–Crippen LogP) is 3.97. The van der Waals surface area contributed by atoms with Gasteiger partial charge in [0.15, 0.2) is 0 Å². The lowest BCUT2D eigenvalue weighted by Crippen LogP contribution is -2.00. The molecule has 0 aliphatic rings. The molecule has 0 saturated heterocycles. The highest BCUT2D eigenvalue weighted by Crippen LogP contribution is 2.17. The molecule has 0 aromatic heterocycles. The van der Waals surface area contributed by atoms with Gasteiger partial charge in [0.25, 0.3) is 0 Å². The molecule has 0 spiro atoms. The topological polar surface area (TPSA) is 0 Å². The van der Waals surface area contributed by atoms with Crippen LogP contribution in [0.2, 0.25) is 0 Å². The molecule has 0 radical (unpaired) electrons. The highest BCUT2D eigenvalue weighted by atomic mass is 127. The monoisotopic (exact) mass is 264 g/mol. The first-order chi connectivity index (χ1) is 5.07. The molecule has 0 aromatic rings. The highest BCUT2D eigenvalue weighted by molar-refractivity contribution is 14.1. The zero-order valence-corrected chi connectivity index (χ0v) is 9.81. The minimum absolute atomic E-state index is 0.672. The Bertz CT molecular complexity index is 152. The van der Waals surface area contributed by atoms with E-state index in [-0.39, 0.29) is 0 Å². The average molecular weight is 264 g/mol. The summed E-state index contributed by atoms with van der Waals surface area (Å²) >= 11 is 2.42. The van der Waals surface area contributed by atoms with Gasteiger partial charge in [-0.1, -0.05) is 46.4 Å². The number of rotatable bonds is 4. The van der Waals surface area contributed by atoms with E-state index in [1.165, 1.54) is 15.6 Å². The van der Waals surface area contributed by atoms with Crippen LogP contribution in [0.4, 0.5) is 0 Å². The van der Waals surface area contributed by atoms with Gasteiger partial charge in [0.05, 0.1) is 0 Å². The molecule has 0 nitrogen and oxygen atoms in total. The third-order valence-corrected chi connectivity index (χ3v) is 2.76. The van der Waals surface area contributed by atoms with Crippen LogP contribution in [-0.4, -0.2) is 4.43 Å². The van der Waals surface area contributed by atoms with Crippen molar-refractivity contribution in [2.24, 2.45) is 5.92 Å². The van der Waals surface area contributed by atoms with Crippen molar-refractivity contribution in [2.75, 3.05) is 4.43 Å². The van der Waals surface area contributed by atoms with Gasteiger partial charge in [-0.05, 0) is 33.1 Å². The minimum Gasteiger partial charge on any atom is -0.0998 e. The molecule has 0 N–H and O–H groups in total. The summed E-state index contributed by atoms with van der Waals surface area (Å²) in [6.45, 7) is 10.4. The van der Waals surface area contributed by atoms with Gasteiger partial charge in [-0.15, -0.1) is 0 Å². The van der Waals surface area contributed by atoms with Crippen molar-refractivity contribution < 1.29 is 0 Å². The standard InChI is InChI=1S/C10H17I/c1-8(2)5-6-10(7-11)9(3)4/h5,10H,3,6-7H2,1-2,4H3/t10-/m1/s1. The summed E-state index contributed by atoms with van der Waals surface area (Å²) in [7, 11) is 0. The van der Waals surface area contributed by atoms with E-state index in [0.29, 0.717) is 5.92 Å². The van der Waals surface area contributed by atoms with Crippen LogP contribution in [0.15, 0.2) is 23.8 Å². The Balaban J connectivity index is 3.89. The van der Waals surface area contributed by atoms with Gasteiger partial charge in [0, 0.05) is 4.43 Å². The fourth-order valence-electron chi connectivity index (χ4n) is 0.774.